The molecule has 1 aromatic carbocycles. The number of nitriles is 1. The van der Waals surface area contributed by atoms with Crippen molar-refractivity contribution in [3.05, 3.63) is 34.3 Å². The first-order chi connectivity index (χ1) is 7.22. The summed E-state index contributed by atoms with van der Waals surface area (Å²) in [6.07, 6.45) is 2.01. The number of nitrogens with one attached hydrogen (secondary N) is 1. The first-order valence-electron chi connectivity index (χ1n) is 5.06. The van der Waals surface area contributed by atoms with Crippen molar-refractivity contribution in [1.82, 2.24) is 5.32 Å². The zero-order valence-electron chi connectivity index (χ0n) is 8.63. The fourth-order valence-corrected chi connectivity index (χ4v) is 2.28. The number of benzene rings is 1. The van der Waals surface area contributed by atoms with Crippen LogP contribution in [0.15, 0.2) is 28.7 Å². The summed E-state index contributed by atoms with van der Waals surface area (Å²) in [6.45, 7) is 0. The minimum absolute atomic E-state index is 0.163. The van der Waals surface area contributed by atoms with Crippen molar-refractivity contribution < 1.29 is 0 Å². The Hall–Kier alpha value is -0.850. The van der Waals surface area contributed by atoms with Crippen LogP contribution in [-0.4, -0.2) is 7.05 Å². The molecule has 0 radical (unpaired) electrons. The molecule has 0 spiro atoms. The van der Waals surface area contributed by atoms with Crippen molar-refractivity contribution in [2.45, 2.75) is 18.9 Å². The Kier molecular flexibility index (Phi) is 2.81. The second-order valence-electron chi connectivity index (χ2n) is 4.04. The van der Waals surface area contributed by atoms with Crippen LogP contribution >= 0.6 is 15.9 Å². The molecule has 1 fully saturated rings. The predicted octanol–water partition coefficient (Wildman–Crippen LogP) is 3.01. The summed E-state index contributed by atoms with van der Waals surface area (Å²) in [6, 6.07) is 10.8. The maximum Gasteiger partial charge on any atom is 0.0769 e. The number of hydrogen-bond donors (Lipinski definition) is 1. The minimum atomic E-state index is -0.164. The molecular weight excluding hydrogens is 252 g/mol. The van der Waals surface area contributed by atoms with Crippen LogP contribution in [0.3, 0.4) is 0 Å². The lowest BCUT2D eigenvalue weighted by molar-refractivity contribution is 0.444. The highest BCUT2D eigenvalue weighted by Gasteiger charge is 2.50. The van der Waals surface area contributed by atoms with Crippen LogP contribution in [0.25, 0.3) is 0 Å². The maximum absolute atomic E-state index is 9.17. The van der Waals surface area contributed by atoms with Gasteiger partial charge >= 0.3 is 0 Å². The van der Waals surface area contributed by atoms with Gasteiger partial charge in [-0.05, 0) is 37.6 Å². The van der Waals surface area contributed by atoms with Gasteiger partial charge in [-0.15, -0.1) is 0 Å². The highest BCUT2D eigenvalue weighted by Crippen LogP contribution is 2.54. The number of hydrogen-bond acceptors (Lipinski definition) is 2. The molecule has 2 nitrogen and oxygen atoms in total. The molecule has 0 bridgehead atoms. The summed E-state index contributed by atoms with van der Waals surface area (Å²) >= 11 is 3.41. The molecule has 0 saturated heterocycles. The van der Waals surface area contributed by atoms with Gasteiger partial charge in [0.25, 0.3) is 0 Å². The molecule has 0 heterocycles. The predicted molar refractivity (Wildman–Crippen MR) is 63.2 cm³/mol. The van der Waals surface area contributed by atoms with E-state index in [-0.39, 0.29) is 11.5 Å². The molecular formula is C12H13BrN2. The van der Waals surface area contributed by atoms with E-state index in [9.17, 15) is 5.26 Å². The smallest absolute Gasteiger partial charge is 0.0769 e. The molecule has 1 aliphatic carbocycles. The molecule has 1 unspecified atom stereocenters. The Labute approximate surface area is 98.4 Å². The van der Waals surface area contributed by atoms with Crippen molar-refractivity contribution in [3.8, 4) is 6.07 Å². The second-order valence-corrected chi connectivity index (χ2v) is 4.96. The van der Waals surface area contributed by atoms with Crippen LogP contribution in [-0.2, 0) is 0 Å². The molecule has 1 N–H and O–H groups in total. The molecule has 15 heavy (non-hydrogen) atoms. The van der Waals surface area contributed by atoms with Gasteiger partial charge < -0.3 is 5.32 Å². The summed E-state index contributed by atoms with van der Waals surface area (Å²) in [4.78, 5) is 0. The monoisotopic (exact) mass is 264 g/mol. The molecule has 1 aromatic rings. The van der Waals surface area contributed by atoms with Crippen LogP contribution in [0.2, 0.25) is 0 Å². The summed E-state index contributed by atoms with van der Waals surface area (Å²) in [5.74, 6) is 0. The van der Waals surface area contributed by atoms with Gasteiger partial charge in [0.1, 0.15) is 0 Å². The number of rotatable bonds is 3. The molecule has 0 aliphatic heterocycles. The first-order valence-corrected chi connectivity index (χ1v) is 5.85. The van der Waals surface area contributed by atoms with Gasteiger partial charge in [-0.25, -0.2) is 0 Å². The molecule has 1 aliphatic rings. The van der Waals surface area contributed by atoms with E-state index in [1.807, 2.05) is 19.2 Å². The molecule has 1 atom stereocenters. The summed E-state index contributed by atoms with van der Waals surface area (Å²) in [5, 5.41) is 12.4. The standard InChI is InChI=1S/C12H13BrN2/c1-15-11(12(8-14)6-7-12)9-2-4-10(13)5-3-9/h2-5,11,15H,6-7H2,1H3. The topological polar surface area (TPSA) is 35.8 Å². The van der Waals surface area contributed by atoms with Gasteiger partial charge in [0, 0.05) is 4.47 Å². The molecule has 78 valence electrons. The lowest BCUT2D eigenvalue weighted by Gasteiger charge is -2.21. The lowest BCUT2D eigenvalue weighted by atomic mass is 9.91. The van der Waals surface area contributed by atoms with Crippen LogP contribution in [0, 0.1) is 16.7 Å². The maximum atomic E-state index is 9.17. The van der Waals surface area contributed by atoms with E-state index in [1.165, 1.54) is 5.56 Å². The zero-order chi connectivity index (χ0) is 10.9. The lowest BCUT2D eigenvalue weighted by Crippen LogP contribution is -2.25. The van der Waals surface area contributed by atoms with Crippen molar-refractivity contribution >= 4 is 15.9 Å². The van der Waals surface area contributed by atoms with Crippen LogP contribution in [0.5, 0.6) is 0 Å². The summed E-state index contributed by atoms with van der Waals surface area (Å²) in [7, 11) is 1.92. The average Bonchev–Trinajstić information content (AvgIpc) is 3.03. The van der Waals surface area contributed by atoms with Crippen LogP contribution in [0.1, 0.15) is 24.4 Å². The van der Waals surface area contributed by atoms with E-state index < -0.39 is 0 Å². The molecule has 1 saturated carbocycles. The van der Waals surface area contributed by atoms with Crippen molar-refractivity contribution in [2.24, 2.45) is 5.41 Å². The van der Waals surface area contributed by atoms with Gasteiger partial charge in [-0.3, -0.25) is 0 Å². The van der Waals surface area contributed by atoms with Gasteiger partial charge in [0.05, 0.1) is 17.5 Å². The second kappa shape index (κ2) is 3.96. The summed E-state index contributed by atoms with van der Waals surface area (Å²) < 4.78 is 1.07. The normalized spacial score (nSPS) is 19.3. The third kappa shape index (κ3) is 1.92. The van der Waals surface area contributed by atoms with Gasteiger partial charge in [-0.2, -0.15) is 5.26 Å². The molecule has 0 amide bonds. The first kappa shape index (κ1) is 10.7. The van der Waals surface area contributed by atoms with E-state index in [0.717, 1.165) is 17.3 Å². The van der Waals surface area contributed by atoms with Gasteiger partial charge in [0.2, 0.25) is 0 Å². The van der Waals surface area contributed by atoms with E-state index in [2.05, 4.69) is 39.4 Å². The van der Waals surface area contributed by atoms with E-state index in [0.29, 0.717) is 0 Å². The minimum Gasteiger partial charge on any atom is -0.312 e. The Bertz CT molecular complexity index is 387. The largest absolute Gasteiger partial charge is 0.312 e. The van der Waals surface area contributed by atoms with Gasteiger partial charge in [0.15, 0.2) is 0 Å². The van der Waals surface area contributed by atoms with Gasteiger partial charge in [-0.1, -0.05) is 28.1 Å². The highest BCUT2D eigenvalue weighted by molar-refractivity contribution is 9.10. The highest BCUT2D eigenvalue weighted by atomic mass is 79.9. The Balaban J connectivity index is 2.28. The van der Waals surface area contributed by atoms with Crippen molar-refractivity contribution in [2.75, 3.05) is 7.05 Å². The zero-order valence-corrected chi connectivity index (χ0v) is 10.2. The third-order valence-corrected chi connectivity index (χ3v) is 3.58. The SMILES string of the molecule is CNC(c1ccc(Br)cc1)C1(C#N)CC1. The van der Waals surface area contributed by atoms with Crippen molar-refractivity contribution in [1.29, 1.82) is 5.26 Å². The van der Waals surface area contributed by atoms with Crippen LogP contribution in [0.4, 0.5) is 0 Å². The number of nitrogens with zero attached hydrogens (tertiary/aromatic N) is 1. The van der Waals surface area contributed by atoms with E-state index in [4.69, 9.17) is 0 Å². The summed E-state index contributed by atoms with van der Waals surface area (Å²) in [5.41, 5.74) is 1.03. The third-order valence-electron chi connectivity index (χ3n) is 3.06. The van der Waals surface area contributed by atoms with E-state index >= 15 is 0 Å². The quantitative estimate of drug-likeness (QED) is 0.911. The molecule has 2 rings (SSSR count). The van der Waals surface area contributed by atoms with E-state index in [1.54, 1.807) is 0 Å². The fourth-order valence-electron chi connectivity index (χ4n) is 2.02. The molecule has 0 aromatic heterocycles. The fraction of sp³-hybridized carbons (Fsp3) is 0.417. The number of halogens is 1. The van der Waals surface area contributed by atoms with Crippen molar-refractivity contribution in [3.63, 3.8) is 0 Å². The molecule has 3 heteroatoms. The Morgan fingerprint density at radius 3 is 2.40 bits per heavy atom. The Morgan fingerprint density at radius 2 is 2.00 bits per heavy atom. The Morgan fingerprint density at radius 1 is 1.40 bits per heavy atom. The average molecular weight is 265 g/mol. The van der Waals surface area contributed by atoms with Crippen LogP contribution < -0.4 is 5.32 Å².